The lowest BCUT2D eigenvalue weighted by molar-refractivity contribution is -0.126. The SMILES string of the molecule is O=C(C=Cc1ccc2c(c1)OCO2)N1CCNCC1. The molecule has 19 heavy (non-hydrogen) atoms. The number of ether oxygens (including phenoxy) is 2. The van der Waals surface area contributed by atoms with Crippen molar-refractivity contribution in [3.8, 4) is 11.5 Å². The number of hydrogen-bond donors (Lipinski definition) is 1. The van der Waals surface area contributed by atoms with E-state index in [0.29, 0.717) is 0 Å². The van der Waals surface area contributed by atoms with Crippen molar-refractivity contribution in [1.29, 1.82) is 0 Å². The molecule has 0 radical (unpaired) electrons. The lowest BCUT2D eigenvalue weighted by Gasteiger charge is -2.26. The average Bonchev–Trinajstić information content (AvgIpc) is 2.93. The summed E-state index contributed by atoms with van der Waals surface area (Å²) in [5, 5.41) is 3.22. The molecule has 0 unspecified atom stereocenters. The van der Waals surface area contributed by atoms with E-state index < -0.39 is 0 Å². The van der Waals surface area contributed by atoms with Crippen molar-refractivity contribution >= 4 is 12.0 Å². The normalized spacial score (nSPS) is 18.0. The molecule has 1 amide bonds. The Hall–Kier alpha value is -2.01. The Kier molecular flexibility index (Phi) is 3.37. The maximum atomic E-state index is 12.0. The van der Waals surface area contributed by atoms with Gasteiger partial charge in [0, 0.05) is 32.3 Å². The second-order valence-electron chi connectivity index (χ2n) is 4.52. The zero-order chi connectivity index (χ0) is 13.1. The maximum Gasteiger partial charge on any atom is 0.246 e. The fourth-order valence-electron chi connectivity index (χ4n) is 2.17. The molecule has 0 saturated carbocycles. The third-order valence-corrected chi connectivity index (χ3v) is 3.24. The number of nitrogens with zero attached hydrogens (tertiary/aromatic N) is 1. The largest absolute Gasteiger partial charge is 0.454 e. The first-order valence-electron chi connectivity index (χ1n) is 6.40. The zero-order valence-corrected chi connectivity index (χ0v) is 10.6. The number of benzene rings is 1. The second-order valence-corrected chi connectivity index (χ2v) is 4.52. The first-order chi connectivity index (χ1) is 9.33. The summed E-state index contributed by atoms with van der Waals surface area (Å²) in [4.78, 5) is 13.8. The van der Waals surface area contributed by atoms with Crippen LogP contribution in [-0.2, 0) is 4.79 Å². The van der Waals surface area contributed by atoms with Crippen LogP contribution >= 0.6 is 0 Å². The minimum Gasteiger partial charge on any atom is -0.454 e. The Bertz CT molecular complexity index is 507. The van der Waals surface area contributed by atoms with Crippen molar-refractivity contribution < 1.29 is 14.3 Å². The summed E-state index contributed by atoms with van der Waals surface area (Å²) in [6, 6.07) is 5.65. The van der Waals surface area contributed by atoms with Gasteiger partial charge in [-0.1, -0.05) is 6.07 Å². The van der Waals surface area contributed by atoms with Gasteiger partial charge in [-0.25, -0.2) is 0 Å². The smallest absolute Gasteiger partial charge is 0.246 e. The molecular weight excluding hydrogens is 244 g/mol. The van der Waals surface area contributed by atoms with Crippen molar-refractivity contribution in [2.75, 3.05) is 33.0 Å². The number of rotatable bonds is 2. The molecule has 2 heterocycles. The Balaban J connectivity index is 1.66. The van der Waals surface area contributed by atoms with Crippen LogP contribution < -0.4 is 14.8 Å². The first-order valence-corrected chi connectivity index (χ1v) is 6.40. The Morgan fingerprint density at radius 2 is 2.00 bits per heavy atom. The third-order valence-electron chi connectivity index (χ3n) is 3.24. The number of fused-ring (bicyclic) bond motifs is 1. The van der Waals surface area contributed by atoms with Crippen LogP contribution in [0.3, 0.4) is 0 Å². The minimum absolute atomic E-state index is 0.0548. The maximum absolute atomic E-state index is 12.0. The highest BCUT2D eigenvalue weighted by Gasteiger charge is 2.14. The van der Waals surface area contributed by atoms with Gasteiger partial charge in [-0.05, 0) is 23.8 Å². The fraction of sp³-hybridized carbons (Fsp3) is 0.357. The average molecular weight is 260 g/mol. The van der Waals surface area contributed by atoms with Crippen LogP contribution in [0.25, 0.3) is 6.08 Å². The van der Waals surface area contributed by atoms with E-state index in [9.17, 15) is 4.79 Å². The van der Waals surface area contributed by atoms with Crippen molar-refractivity contribution in [3.05, 3.63) is 29.8 Å². The van der Waals surface area contributed by atoms with Crippen molar-refractivity contribution in [2.45, 2.75) is 0 Å². The highest BCUT2D eigenvalue weighted by atomic mass is 16.7. The predicted molar refractivity (Wildman–Crippen MR) is 71.0 cm³/mol. The lowest BCUT2D eigenvalue weighted by atomic mass is 10.2. The molecule has 1 fully saturated rings. The van der Waals surface area contributed by atoms with Crippen LogP contribution in [0.2, 0.25) is 0 Å². The quantitative estimate of drug-likeness (QED) is 0.801. The molecule has 100 valence electrons. The summed E-state index contributed by atoms with van der Waals surface area (Å²) >= 11 is 0. The van der Waals surface area contributed by atoms with E-state index in [1.807, 2.05) is 29.2 Å². The monoisotopic (exact) mass is 260 g/mol. The van der Waals surface area contributed by atoms with Gasteiger partial charge < -0.3 is 19.7 Å². The molecule has 0 bridgehead atoms. The van der Waals surface area contributed by atoms with E-state index in [1.165, 1.54) is 0 Å². The van der Waals surface area contributed by atoms with E-state index in [4.69, 9.17) is 9.47 Å². The van der Waals surface area contributed by atoms with Gasteiger partial charge in [-0.2, -0.15) is 0 Å². The number of nitrogens with one attached hydrogen (secondary N) is 1. The number of carbonyl (C=O) groups excluding carboxylic acids is 1. The molecule has 0 aromatic heterocycles. The molecule has 2 aliphatic rings. The van der Waals surface area contributed by atoms with Gasteiger partial charge in [0.05, 0.1) is 0 Å². The molecule has 1 saturated heterocycles. The van der Waals surface area contributed by atoms with Crippen LogP contribution in [0.15, 0.2) is 24.3 Å². The topological polar surface area (TPSA) is 50.8 Å². The second kappa shape index (κ2) is 5.32. The summed E-state index contributed by atoms with van der Waals surface area (Å²) in [6.45, 7) is 3.53. The number of amides is 1. The van der Waals surface area contributed by atoms with E-state index >= 15 is 0 Å². The van der Waals surface area contributed by atoms with Gasteiger partial charge in [0.1, 0.15) is 0 Å². The molecule has 1 aromatic rings. The van der Waals surface area contributed by atoms with Crippen LogP contribution in [0.4, 0.5) is 0 Å². The van der Waals surface area contributed by atoms with Crippen molar-refractivity contribution in [1.82, 2.24) is 10.2 Å². The van der Waals surface area contributed by atoms with Crippen molar-refractivity contribution in [2.24, 2.45) is 0 Å². The third kappa shape index (κ3) is 2.71. The summed E-state index contributed by atoms with van der Waals surface area (Å²) in [7, 11) is 0. The summed E-state index contributed by atoms with van der Waals surface area (Å²) < 4.78 is 10.5. The molecule has 0 atom stereocenters. The summed E-state index contributed by atoms with van der Waals surface area (Å²) in [6.07, 6.45) is 3.43. The highest BCUT2D eigenvalue weighted by molar-refractivity contribution is 5.92. The Morgan fingerprint density at radius 3 is 2.84 bits per heavy atom. The summed E-state index contributed by atoms with van der Waals surface area (Å²) in [5.41, 5.74) is 0.938. The van der Waals surface area contributed by atoms with Gasteiger partial charge in [0.2, 0.25) is 12.7 Å². The van der Waals surface area contributed by atoms with E-state index in [0.717, 1.165) is 43.2 Å². The van der Waals surface area contributed by atoms with Gasteiger partial charge in [0.15, 0.2) is 11.5 Å². The van der Waals surface area contributed by atoms with Gasteiger partial charge in [-0.15, -0.1) is 0 Å². The van der Waals surface area contributed by atoms with E-state index in [-0.39, 0.29) is 12.7 Å². The number of piperazine rings is 1. The molecule has 5 nitrogen and oxygen atoms in total. The molecule has 2 aliphatic heterocycles. The van der Waals surface area contributed by atoms with Crippen LogP contribution in [0.5, 0.6) is 11.5 Å². The van der Waals surface area contributed by atoms with Crippen LogP contribution in [0, 0.1) is 0 Å². The molecule has 1 aromatic carbocycles. The molecule has 3 rings (SSSR count). The molecule has 0 aliphatic carbocycles. The zero-order valence-electron chi connectivity index (χ0n) is 10.6. The highest BCUT2D eigenvalue weighted by Crippen LogP contribution is 2.32. The molecule has 1 N–H and O–H groups in total. The van der Waals surface area contributed by atoms with Crippen LogP contribution in [-0.4, -0.2) is 43.8 Å². The van der Waals surface area contributed by atoms with E-state index in [2.05, 4.69) is 5.32 Å². The van der Waals surface area contributed by atoms with Gasteiger partial charge >= 0.3 is 0 Å². The minimum atomic E-state index is 0.0548. The molecule has 0 spiro atoms. The Morgan fingerprint density at radius 1 is 1.21 bits per heavy atom. The van der Waals surface area contributed by atoms with E-state index in [1.54, 1.807) is 6.08 Å². The van der Waals surface area contributed by atoms with Gasteiger partial charge in [0.25, 0.3) is 0 Å². The number of carbonyl (C=O) groups is 1. The van der Waals surface area contributed by atoms with Crippen LogP contribution in [0.1, 0.15) is 5.56 Å². The number of hydrogen-bond acceptors (Lipinski definition) is 4. The van der Waals surface area contributed by atoms with Crippen molar-refractivity contribution in [3.63, 3.8) is 0 Å². The predicted octanol–water partition coefficient (Wildman–Crippen LogP) is 0.860. The first kappa shape index (κ1) is 12.0. The lowest BCUT2D eigenvalue weighted by Crippen LogP contribution is -2.45. The molecule has 5 heteroatoms. The molecular formula is C14H16N2O3. The fourth-order valence-corrected chi connectivity index (χ4v) is 2.17. The Labute approximate surface area is 111 Å². The summed E-state index contributed by atoms with van der Waals surface area (Å²) in [5.74, 6) is 1.54. The van der Waals surface area contributed by atoms with Gasteiger partial charge in [-0.3, -0.25) is 4.79 Å². The standard InChI is InChI=1S/C14H16N2O3/c17-14(16-7-5-15-6-8-16)4-2-11-1-3-12-13(9-11)19-10-18-12/h1-4,9,15H,5-8,10H2.